The summed E-state index contributed by atoms with van der Waals surface area (Å²) in [5.41, 5.74) is 3.70. The van der Waals surface area contributed by atoms with E-state index in [0.717, 1.165) is 12.0 Å². The van der Waals surface area contributed by atoms with Gasteiger partial charge >= 0.3 is 0 Å². The van der Waals surface area contributed by atoms with Crippen molar-refractivity contribution in [2.75, 3.05) is 5.32 Å². The molecule has 0 saturated heterocycles. The smallest absolute Gasteiger partial charge is 0.134 e. The number of rotatable bonds is 2. The van der Waals surface area contributed by atoms with Gasteiger partial charge in [0, 0.05) is 18.2 Å². The minimum absolute atomic E-state index is 0.226. The van der Waals surface area contributed by atoms with E-state index in [-0.39, 0.29) is 5.78 Å². The van der Waals surface area contributed by atoms with Gasteiger partial charge in [-0.15, -0.1) is 0 Å². The minimum atomic E-state index is 0.226. The van der Waals surface area contributed by atoms with E-state index < -0.39 is 0 Å². The second-order valence-corrected chi connectivity index (χ2v) is 4.12. The Labute approximate surface area is 84.3 Å². The van der Waals surface area contributed by atoms with Gasteiger partial charge in [0.15, 0.2) is 0 Å². The number of hydrogen-bond acceptors (Lipinski definition) is 2. The topological polar surface area (TPSA) is 29.1 Å². The number of ketones is 1. The molecule has 0 saturated carbocycles. The van der Waals surface area contributed by atoms with Gasteiger partial charge in [-0.25, -0.2) is 0 Å². The van der Waals surface area contributed by atoms with Crippen LogP contribution >= 0.6 is 0 Å². The molecule has 1 unspecified atom stereocenters. The highest BCUT2D eigenvalue weighted by Crippen LogP contribution is 2.26. The molecular formula is C12H15NO. The van der Waals surface area contributed by atoms with Crippen molar-refractivity contribution in [3.8, 4) is 0 Å². The van der Waals surface area contributed by atoms with Gasteiger partial charge in [-0.3, -0.25) is 4.79 Å². The summed E-state index contributed by atoms with van der Waals surface area (Å²) in [6.45, 7) is 3.80. The van der Waals surface area contributed by atoms with E-state index in [0.29, 0.717) is 12.5 Å². The van der Waals surface area contributed by atoms with Crippen LogP contribution in [0.25, 0.3) is 0 Å². The highest BCUT2D eigenvalue weighted by atomic mass is 16.1. The number of Topliss-reactive ketones (excluding diaryl/α,β-unsaturated/α-hetero) is 1. The van der Waals surface area contributed by atoms with Crippen LogP contribution in [-0.2, 0) is 17.6 Å². The molecule has 2 rings (SSSR count). The molecule has 1 N–H and O–H groups in total. The molecule has 1 atom stereocenters. The van der Waals surface area contributed by atoms with Crippen LogP contribution in [0.1, 0.15) is 25.0 Å². The zero-order valence-electron chi connectivity index (χ0n) is 8.63. The van der Waals surface area contributed by atoms with E-state index in [1.165, 1.54) is 11.3 Å². The van der Waals surface area contributed by atoms with Crippen LogP contribution in [0.4, 0.5) is 5.69 Å². The summed E-state index contributed by atoms with van der Waals surface area (Å²) in [7, 11) is 0. The number of hydrogen-bond donors (Lipinski definition) is 1. The monoisotopic (exact) mass is 189 g/mol. The normalized spacial score (nSPS) is 18.9. The number of carbonyl (C=O) groups excluding carboxylic acids is 1. The second kappa shape index (κ2) is 3.45. The average Bonchev–Trinajstić information content (AvgIpc) is 2.42. The number of carbonyl (C=O) groups is 1. The summed E-state index contributed by atoms with van der Waals surface area (Å²) in [4.78, 5) is 11.0. The molecule has 0 aliphatic carbocycles. The van der Waals surface area contributed by atoms with Crippen LogP contribution in [0.15, 0.2) is 18.2 Å². The summed E-state index contributed by atoms with van der Waals surface area (Å²) in [5.74, 6) is 0.226. The molecule has 0 bridgehead atoms. The van der Waals surface area contributed by atoms with Crippen LogP contribution in [0, 0.1) is 0 Å². The predicted octanol–water partition coefficient (Wildman–Crippen LogP) is 2.17. The van der Waals surface area contributed by atoms with Crippen molar-refractivity contribution < 1.29 is 4.79 Å². The number of benzene rings is 1. The van der Waals surface area contributed by atoms with Crippen LogP contribution in [-0.4, -0.2) is 11.8 Å². The van der Waals surface area contributed by atoms with E-state index in [2.05, 4.69) is 24.4 Å². The standard InChI is InChI=1S/C12H15NO/c1-8-5-11-7-10(6-9(2)14)3-4-12(11)13-8/h3-4,7-8,13H,5-6H2,1-2H3. The largest absolute Gasteiger partial charge is 0.382 e. The fourth-order valence-electron chi connectivity index (χ4n) is 2.00. The van der Waals surface area contributed by atoms with E-state index >= 15 is 0 Å². The van der Waals surface area contributed by atoms with Crippen molar-refractivity contribution in [1.29, 1.82) is 0 Å². The van der Waals surface area contributed by atoms with Crippen LogP contribution in [0.5, 0.6) is 0 Å². The van der Waals surface area contributed by atoms with Crippen LogP contribution in [0.2, 0.25) is 0 Å². The number of fused-ring (bicyclic) bond motifs is 1. The SMILES string of the molecule is CC(=O)Cc1ccc2c(c1)CC(C)N2. The first-order valence-corrected chi connectivity index (χ1v) is 5.03. The Kier molecular flexibility index (Phi) is 2.28. The van der Waals surface area contributed by atoms with E-state index in [1.807, 2.05) is 6.07 Å². The summed E-state index contributed by atoms with van der Waals surface area (Å²) < 4.78 is 0. The quantitative estimate of drug-likeness (QED) is 0.772. The van der Waals surface area contributed by atoms with Crippen molar-refractivity contribution in [2.24, 2.45) is 0 Å². The van der Waals surface area contributed by atoms with Gasteiger partial charge < -0.3 is 5.32 Å². The molecule has 0 amide bonds. The van der Waals surface area contributed by atoms with Gasteiger partial charge in [-0.2, -0.15) is 0 Å². The third-order valence-electron chi connectivity index (χ3n) is 2.55. The van der Waals surface area contributed by atoms with E-state index in [1.54, 1.807) is 6.92 Å². The fraction of sp³-hybridized carbons (Fsp3) is 0.417. The summed E-state index contributed by atoms with van der Waals surface area (Å²) in [6, 6.07) is 6.79. The highest BCUT2D eigenvalue weighted by Gasteiger charge is 2.16. The highest BCUT2D eigenvalue weighted by molar-refractivity contribution is 5.78. The Morgan fingerprint density at radius 1 is 1.57 bits per heavy atom. The van der Waals surface area contributed by atoms with Crippen molar-refractivity contribution in [1.82, 2.24) is 0 Å². The maximum absolute atomic E-state index is 11.0. The summed E-state index contributed by atoms with van der Waals surface area (Å²) in [6.07, 6.45) is 1.63. The maximum Gasteiger partial charge on any atom is 0.134 e. The van der Waals surface area contributed by atoms with E-state index in [4.69, 9.17) is 0 Å². The Morgan fingerprint density at radius 3 is 3.07 bits per heavy atom. The van der Waals surface area contributed by atoms with Gasteiger partial charge in [-0.05, 0) is 37.5 Å². The Balaban J connectivity index is 2.24. The Bertz CT molecular complexity index is 371. The number of nitrogens with one attached hydrogen (secondary N) is 1. The molecule has 0 aromatic heterocycles. The lowest BCUT2D eigenvalue weighted by Gasteiger charge is -2.03. The molecule has 0 spiro atoms. The van der Waals surface area contributed by atoms with Gasteiger partial charge in [0.1, 0.15) is 5.78 Å². The third kappa shape index (κ3) is 1.79. The van der Waals surface area contributed by atoms with Crippen molar-refractivity contribution >= 4 is 11.5 Å². The lowest BCUT2D eigenvalue weighted by Crippen LogP contribution is -2.08. The van der Waals surface area contributed by atoms with Gasteiger partial charge in [-0.1, -0.05) is 12.1 Å². The third-order valence-corrected chi connectivity index (χ3v) is 2.55. The molecule has 0 fully saturated rings. The zero-order valence-corrected chi connectivity index (χ0v) is 8.63. The van der Waals surface area contributed by atoms with E-state index in [9.17, 15) is 4.79 Å². The van der Waals surface area contributed by atoms with Crippen LogP contribution < -0.4 is 5.32 Å². The molecule has 2 nitrogen and oxygen atoms in total. The molecule has 2 heteroatoms. The summed E-state index contributed by atoms with van der Waals surface area (Å²) >= 11 is 0. The zero-order chi connectivity index (χ0) is 10.1. The molecule has 1 aromatic carbocycles. The maximum atomic E-state index is 11.0. The second-order valence-electron chi connectivity index (χ2n) is 4.12. The van der Waals surface area contributed by atoms with Crippen molar-refractivity contribution in [3.63, 3.8) is 0 Å². The van der Waals surface area contributed by atoms with Crippen LogP contribution in [0.3, 0.4) is 0 Å². The minimum Gasteiger partial charge on any atom is -0.382 e. The average molecular weight is 189 g/mol. The van der Waals surface area contributed by atoms with Gasteiger partial charge in [0.2, 0.25) is 0 Å². The molecule has 74 valence electrons. The molecule has 1 aliphatic heterocycles. The van der Waals surface area contributed by atoms with Gasteiger partial charge in [0.25, 0.3) is 0 Å². The first kappa shape index (κ1) is 9.25. The fourth-order valence-corrected chi connectivity index (χ4v) is 2.00. The van der Waals surface area contributed by atoms with Gasteiger partial charge in [0.05, 0.1) is 0 Å². The first-order chi connectivity index (χ1) is 6.65. The van der Waals surface area contributed by atoms with Crippen molar-refractivity contribution in [3.05, 3.63) is 29.3 Å². The molecule has 1 aliphatic rings. The number of anilines is 1. The Hall–Kier alpha value is -1.31. The molecule has 1 aromatic rings. The first-order valence-electron chi connectivity index (χ1n) is 5.03. The lowest BCUT2D eigenvalue weighted by molar-refractivity contribution is -0.116. The predicted molar refractivity (Wildman–Crippen MR) is 57.6 cm³/mol. The molecule has 14 heavy (non-hydrogen) atoms. The summed E-state index contributed by atoms with van der Waals surface area (Å²) in [5, 5.41) is 3.39. The molecule has 0 radical (unpaired) electrons. The lowest BCUT2D eigenvalue weighted by atomic mass is 10.0. The molecule has 1 heterocycles. The molecular weight excluding hydrogens is 174 g/mol. The Morgan fingerprint density at radius 2 is 2.36 bits per heavy atom. The van der Waals surface area contributed by atoms with Crippen molar-refractivity contribution in [2.45, 2.75) is 32.7 Å².